The largest absolute Gasteiger partial charge is 0.486 e. The second-order valence-corrected chi connectivity index (χ2v) is 3.52. The van der Waals surface area contributed by atoms with Crippen LogP contribution in [-0.4, -0.2) is 19.1 Å². The van der Waals surface area contributed by atoms with Gasteiger partial charge in [0.1, 0.15) is 13.2 Å². The predicted molar refractivity (Wildman–Crippen MR) is 59.4 cm³/mol. The van der Waals surface area contributed by atoms with Gasteiger partial charge in [0.05, 0.1) is 0 Å². The maximum absolute atomic E-state index is 11.7. The van der Waals surface area contributed by atoms with E-state index in [0.29, 0.717) is 36.7 Å². The van der Waals surface area contributed by atoms with E-state index in [9.17, 15) is 4.79 Å². The van der Waals surface area contributed by atoms with E-state index in [1.165, 1.54) is 0 Å². The van der Waals surface area contributed by atoms with Crippen LogP contribution in [0.5, 0.6) is 11.5 Å². The van der Waals surface area contributed by atoms with Gasteiger partial charge in [0.25, 0.3) is 5.91 Å². The Kier molecular flexibility index (Phi) is 3.22. The molecule has 0 aromatic heterocycles. The van der Waals surface area contributed by atoms with Gasteiger partial charge in [0, 0.05) is 11.1 Å². The van der Waals surface area contributed by atoms with Gasteiger partial charge in [-0.1, -0.05) is 12.1 Å². The molecule has 0 atom stereocenters. The summed E-state index contributed by atoms with van der Waals surface area (Å²) in [7, 11) is 0. The molecular formula is C11H13N3O3. The summed E-state index contributed by atoms with van der Waals surface area (Å²) in [6.45, 7) is 2.93. The van der Waals surface area contributed by atoms with E-state index >= 15 is 0 Å². The number of amides is 1. The smallest absolute Gasteiger partial charge is 0.273 e. The first kappa shape index (κ1) is 11.4. The summed E-state index contributed by atoms with van der Waals surface area (Å²) in [5.41, 5.74) is 9.98. The lowest BCUT2D eigenvalue weighted by Crippen LogP contribution is -2.21. The molecular weight excluding hydrogens is 222 g/mol. The van der Waals surface area contributed by atoms with Crippen molar-refractivity contribution in [1.29, 1.82) is 5.53 Å². The van der Waals surface area contributed by atoms with Crippen molar-refractivity contribution in [2.45, 2.75) is 13.3 Å². The Morgan fingerprint density at radius 3 is 2.94 bits per heavy atom. The number of hydrogen-bond donors (Lipinski definition) is 2. The molecule has 0 radical (unpaired) electrons. The van der Waals surface area contributed by atoms with E-state index in [0.717, 1.165) is 5.56 Å². The lowest BCUT2D eigenvalue weighted by molar-refractivity contribution is 0.0948. The third-order valence-corrected chi connectivity index (χ3v) is 2.57. The highest BCUT2D eigenvalue weighted by molar-refractivity contribution is 5.96. The van der Waals surface area contributed by atoms with Crippen LogP contribution >= 0.6 is 0 Å². The van der Waals surface area contributed by atoms with Crippen molar-refractivity contribution in [2.75, 3.05) is 13.2 Å². The molecule has 1 aromatic carbocycles. The Balaban J connectivity index is 2.46. The van der Waals surface area contributed by atoms with E-state index in [1.807, 2.05) is 6.92 Å². The number of nitrogens with zero attached hydrogens (tertiary/aromatic N) is 1. The number of rotatable bonds is 3. The molecule has 0 bridgehead atoms. The molecule has 17 heavy (non-hydrogen) atoms. The van der Waals surface area contributed by atoms with Crippen molar-refractivity contribution in [3.8, 4) is 11.5 Å². The Morgan fingerprint density at radius 1 is 1.47 bits per heavy atom. The number of ether oxygens (including phenoxy) is 2. The highest BCUT2D eigenvalue weighted by Crippen LogP contribution is 2.36. The quantitative estimate of drug-likeness (QED) is 0.617. The van der Waals surface area contributed by atoms with E-state index in [2.05, 4.69) is 10.6 Å². The van der Waals surface area contributed by atoms with Crippen LogP contribution in [0.4, 0.5) is 0 Å². The molecule has 1 heterocycles. The van der Waals surface area contributed by atoms with Crippen LogP contribution in [0.2, 0.25) is 0 Å². The average Bonchev–Trinajstić information content (AvgIpc) is 2.37. The Morgan fingerprint density at radius 2 is 2.24 bits per heavy atom. The summed E-state index contributed by atoms with van der Waals surface area (Å²) in [6.07, 6.45) is 0.646. The molecule has 0 spiro atoms. The summed E-state index contributed by atoms with van der Waals surface area (Å²) in [6, 6.07) is 3.36. The number of hydrogen-bond acceptors (Lipinski definition) is 5. The fraction of sp³-hybridized carbons (Fsp3) is 0.364. The number of carbonyl (C=O) groups excluding carboxylic acids is 1. The van der Waals surface area contributed by atoms with E-state index in [1.54, 1.807) is 12.1 Å². The van der Waals surface area contributed by atoms with E-state index in [4.69, 9.17) is 15.0 Å². The lowest BCUT2D eigenvalue weighted by atomic mass is 10.0. The zero-order chi connectivity index (χ0) is 12.3. The van der Waals surface area contributed by atoms with Gasteiger partial charge in [-0.15, -0.1) is 0 Å². The molecule has 0 unspecified atom stereocenters. The van der Waals surface area contributed by atoms with Crippen molar-refractivity contribution in [1.82, 2.24) is 5.43 Å². The van der Waals surface area contributed by atoms with E-state index < -0.39 is 5.91 Å². The van der Waals surface area contributed by atoms with Crippen LogP contribution in [0.1, 0.15) is 22.8 Å². The lowest BCUT2D eigenvalue weighted by Gasteiger charge is -2.22. The molecule has 2 rings (SSSR count). The van der Waals surface area contributed by atoms with Crippen molar-refractivity contribution in [3.63, 3.8) is 0 Å². The van der Waals surface area contributed by atoms with Gasteiger partial charge in [-0.2, -0.15) is 5.53 Å². The maximum atomic E-state index is 11.7. The minimum atomic E-state index is -0.408. The number of nitrogens with one attached hydrogen (secondary N) is 2. The first-order valence-electron chi connectivity index (χ1n) is 5.36. The summed E-state index contributed by atoms with van der Waals surface area (Å²) in [5.74, 6) is 0.873. The molecule has 1 aromatic rings. The summed E-state index contributed by atoms with van der Waals surface area (Å²) < 4.78 is 11.0. The van der Waals surface area contributed by atoms with Crippen molar-refractivity contribution < 1.29 is 14.3 Å². The second kappa shape index (κ2) is 4.82. The summed E-state index contributed by atoms with van der Waals surface area (Å²) in [4.78, 5) is 11.7. The molecule has 1 aliphatic rings. The molecule has 1 aliphatic heterocycles. The van der Waals surface area contributed by atoms with Crippen LogP contribution in [0.15, 0.2) is 17.4 Å². The van der Waals surface area contributed by atoms with Gasteiger partial charge in [-0.05, 0) is 18.6 Å². The van der Waals surface area contributed by atoms with Gasteiger partial charge in [-0.3, -0.25) is 4.79 Å². The first-order valence-corrected chi connectivity index (χ1v) is 5.36. The maximum Gasteiger partial charge on any atom is 0.273 e. The van der Waals surface area contributed by atoms with Gasteiger partial charge in [0.2, 0.25) is 0 Å². The van der Waals surface area contributed by atoms with Crippen LogP contribution < -0.4 is 14.9 Å². The van der Waals surface area contributed by atoms with Gasteiger partial charge < -0.3 is 9.47 Å². The van der Waals surface area contributed by atoms with Crippen LogP contribution in [0.25, 0.3) is 0 Å². The molecule has 6 nitrogen and oxygen atoms in total. The Bertz CT molecular complexity index is 460. The predicted octanol–water partition coefficient (Wildman–Crippen LogP) is 1.70. The molecule has 1 amide bonds. The zero-order valence-electron chi connectivity index (χ0n) is 9.45. The monoisotopic (exact) mass is 235 g/mol. The molecule has 90 valence electrons. The van der Waals surface area contributed by atoms with Gasteiger partial charge in [-0.25, -0.2) is 5.43 Å². The average molecular weight is 235 g/mol. The minimum absolute atomic E-state index is 0.408. The fourth-order valence-electron chi connectivity index (χ4n) is 1.85. The third-order valence-electron chi connectivity index (χ3n) is 2.57. The van der Waals surface area contributed by atoms with Crippen molar-refractivity contribution in [3.05, 3.63) is 23.3 Å². The standard InChI is InChI=1S/C11H13N3O3/c1-2-7-8(11(15)13-14-12)3-4-9-10(7)17-6-5-16-9/h3-4H,2,5-6H2,1H3,(H2,12,13,15). The normalized spacial score (nSPS) is 13.0. The summed E-state index contributed by atoms with van der Waals surface area (Å²) in [5, 5.41) is 2.88. The molecule has 0 aliphatic carbocycles. The van der Waals surface area contributed by atoms with Crippen LogP contribution in [0.3, 0.4) is 0 Å². The van der Waals surface area contributed by atoms with Gasteiger partial charge in [0.15, 0.2) is 11.5 Å². The number of carbonyl (C=O) groups is 1. The second-order valence-electron chi connectivity index (χ2n) is 3.52. The Labute approximate surface area is 98.4 Å². The Hall–Kier alpha value is -2.11. The SMILES string of the molecule is CCc1c(C(=O)NN=N)ccc2c1OCCO2. The summed E-state index contributed by atoms with van der Waals surface area (Å²) >= 11 is 0. The van der Waals surface area contributed by atoms with Gasteiger partial charge >= 0.3 is 0 Å². The van der Waals surface area contributed by atoms with Crippen LogP contribution in [0, 0.1) is 5.53 Å². The number of benzene rings is 1. The highest BCUT2D eigenvalue weighted by Gasteiger charge is 2.21. The van der Waals surface area contributed by atoms with Crippen molar-refractivity contribution in [2.24, 2.45) is 5.22 Å². The molecule has 0 saturated carbocycles. The fourth-order valence-corrected chi connectivity index (χ4v) is 1.85. The zero-order valence-corrected chi connectivity index (χ0v) is 9.45. The molecule has 0 fully saturated rings. The van der Waals surface area contributed by atoms with Crippen molar-refractivity contribution >= 4 is 5.91 Å². The number of fused-ring (bicyclic) bond motifs is 1. The first-order chi connectivity index (χ1) is 8.27. The molecule has 6 heteroatoms. The van der Waals surface area contributed by atoms with Crippen LogP contribution in [-0.2, 0) is 6.42 Å². The van der Waals surface area contributed by atoms with E-state index in [-0.39, 0.29) is 0 Å². The molecule has 0 saturated heterocycles. The third kappa shape index (κ3) is 2.06. The molecule has 2 N–H and O–H groups in total. The highest BCUT2D eigenvalue weighted by atomic mass is 16.6. The topological polar surface area (TPSA) is 83.8 Å². The minimum Gasteiger partial charge on any atom is -0.486 e.